The molecule has 0 N–H and O–H groups in total. The molecule has 148 valence electrons. The average molecular weight is 381 g/mol. The van der Waals surface area contributed by atoms with Gasteiger partial charge in [-0.1, -0.05) is 6.58 Å². The summed E-state index contributed by atoms with van der Waals surface area (Å²) in [6.45, 7) is 7.84. The van der Waals surface area contributed by atoms with Gasteiger partial charge in [0.2, 0.25) is 5.91 Å². The van der Waals surface area contributed by atoms with Gasteiger partial charge in [-0.2, -0.15) is 13.2 Å². The molecule has 2 aliphatic rings. The molecule has 0 bridgehead atoms. The van der Waals surface area contributed by atoms with Crippen molar-refractivity contribution in [2.24, 2.45) is 5.92 Å². The normalized spacial score (nSPS) is 21.6. The van der Waals surface area contributed by atoms with Crippen LogP contribution in [0.1, 0.15) is 17.5 Å². The summed E-state index contributed by atoms with van der Waals surface area (Å²) in [5.41, 5.74) is 0.743. The minimum absolute atomic E-state index is 0.111. The van der Waals surface area contributed by atoms with Crippen molar-refractivity contribution in [3.8, 4) is 0 Å². The first kappa shape index (κ1) is 19.7. The van der Waals surface area contributed by atoms with Gasteiger partial charge in [-0.25, -0.2) is 0 Å². The Morgan fingerprint density at radius 1 is 1.19 bits per heavy atom. The number of carbonyl (C=O) groups is 1. The molecule has 0 aliphatic carbocycles. The number of alkyl halides is 3. The molecule has 0 radical (unpaired) electrons. The lowest BCUT2D eigenvalue weighted by Gasteiger charge is -2.34. The highest BCUT2D eigenvalue weighted by molar-refractivity contribution is 5.87. The third-order valence-electron chi connectivity index (χ3n) is 5.47. The number of nitrogens with zero attached hydrogens (tertiary/aromatic N) is 3. The fourth-order valence-corrected chi connectivity index (χ4v) is 3.86. The standard InChI is InChI=1S/C20H26F3N3O/c1-3-19(27)26-5-4-15(14-26)10-16-11-17(20(21,22)23)13-18(12-16)25-8-6-24(2)7-9-25/h3,11-13,15H,1,4-10,14H2,2H3/t15-/m1/s1. The van der Waals surface area contributed by atoms with Crippen molar-refractivity contribution >= 4 is 11.6 Å². The Morgan fingerprint density at radius 2 is 1.89 bits per heavy atom. The number of hydrogen-bond acceptors (Lipinski definition) is 3. The van der Waals surface area contributed by atoms with Crippen LogP contribution in [0.3, 0.4) is 0 Å². The summed E-state index contributed by atoms with van der Waals surface area (Å²) in [6, 6.07) is 4.41. The lowest BCUT2D eigenvalue weighted by molar-refractivity contribution is -0.137. The average Bonchev–Trinajstić information content (AvgIpc) is 3.09. The van der Waals surface area contributed by atoms with Crippen LogP contribution in [0.15, 0.2) is 30.9 Å². The molecule has 3 rings (SSSR count). The van der Waals surface area contributed by atoms with Crippen LogP contribution in [0.5, 0.6) is 0 Å². The van der Waals surface area contributed by atoms with E-state index in [0.29, 0.717) is 30.8 Å². The first-order valence-corrected chi connectivity index (χ1v) is 9.32. The Hall–Kier alpha value is -2.02. The number of anilines is 1. The van der Waals surface area contributed by atoms with E-state index >= 15 is 0 Å². The van der Waals surface area contributed by atoms with Gasteiger partial charge in [0, 0.05) is 45.0 Å². The quantitative estimate of drug-likeness (QED) is 0.750. The van der Waals surface area contributed by atoms with Crippen LogP contribution in [0.2, 0.25) is 0 Å². The molecule has 4 nitrogen and oxygen atoms in total. The predicted octanol–water partition coefficient (Wildman–Crippen LogP) is 3.03. The molecule has 1 aromatic carbocycles. The van der Waals surface area contributed by atoms with Crippen LogP contribution in [0.25, 0.3) is 0 Å². The largest absolute Gasteiger partial charge is 0.416 e. The molecule has 2 aliphatic heterocycles. The SMILES string of the molecule is C=CC(=O)N1CC[C@H](Cc2cc(N3CCN(C)CC3)cc(C(F)(F)F)c2)C1. The number of benzene rings is 1. The first-order chi connectivity index (χ1) is 12.8. The van der Waals surface area contributed by atoms with Crippen molar-refractivity contribution in [2.75, 3.05) is 51.2 Å². The number of rotatable bonds is 4. The van der Waals surface area contributed by atoms with Gasteiger partial charge in [0.15, 0.2) is 0 Å². The molecule has 0 unspecified atom stereocenters. The summed E-state index contributed by atoms with van der Waals surface area (Å²) in [4.78, 5) is 17.7. The van der Waals surface area contributed by atoms with E-state index in [9.17, 15) is 18.0 Å². The fourth-order valence-electron chi connectivity index (χ4n) is 3.86. The van der Waals surface area contributed by atoms with Crippen LogP contribution >= 0.6 is 0 Å². The third kappa shape index (κ3) is 4.83. The Labute approximate surface area is 158 Å². The molecule has 0 aromatic heterocycles. The van der Waals surface area contributed by atoms with Gasteiger partial charge in [-0.05, 0) is 55.6 Å². The van der Waals surface area contributed by atoms with Crippen LogP contribution in [0.4, 0.5) is 18.9 Å². The van der Waals surface area contributed by atoms with Gasteiger partial charge < -0.3 is 14.7 Å². The van der Waals surface area contributed by atoms with E-state index in [2.05, 4.69) is 11.5 Å². The minimum atomic E-state index is -4.36. The van der Waals surface area contributed by atoms with Crippen molar-refractivity contribution in [2.45, 2.75) is 19.0 Å². The number of likely N-dealkylation sites (tertiary alicyclic amines) is 1. The second-order valence-electron chi connectivity index (χ2n) is 7.52. The summed E-state index contributed by atoms with van der Waals surface area (Å²) in [5, 5.41) is 0. The molecule has 1 aromatic rings. The number of piperazine rings is 1. The van der Waals surface area contributed by atoms with Crippen LogP contribution in [0, 0.1) is 5.92 Å². The molecule has 2 saturated heterocycles. The Bertz CT molecular complexity index is 696. The highest BCUT2D eigenvalue weighted by atomic mass is 19.4. The van der Waals surface area contributed by atoms with E-state index in [-0.39, 0.29) is 11.8 Å². The zero-order valence-electron chi connectivity index (χ0n) is 15.6. The summed E-state index contributed by atoms with van der Waals surface area (Å²) in [6.07, 6.45) is -1.72. The van der Waals surface area contributed by atoms with E-state index < -0.39 is 11.7 Å². The lowest BCUT2D eigenvalue weighted by Crippen LogP contribution is -2.44. The van der Waals surface area contributed by atoms with Crippen molar-refractivity contribution in [1.82, 2.24) is 9.80 Å². The van der Waals surface area contributed by atoms with Crippen LogP contribution < -0.4 is 4.90 Å². The summed E-state index contributed by atoms with van der Waals surface area (Å²) in [5.74, 6) is 0.0670. The zero-order chi connectivity index (χ0) is 19.6. The van der Waals surface area contributed by atoms with E-state index in [1.54, 1.807) is 4.90 Å². The number of likely N-dealkylation sites (N-methyl/N-ethyl adjacent to an activating group) is 1. The zero-order valence-corrected chi connectivity index (χ0v) is 15.6. The van der Waals surface area contributed by atoms with Crippen molar-refractivity contribution < 1.29 is 18.0 Å². The summed E-state index contributed by atoms with van der Waals surface area (Å²) < 4.78 is 40.2. The van der Waals surface area contributed by atoms with Gasteiger partial charge in [0.25, 0.3) is 0 Å². The number of hydrogen-bond donors (Lipinski definition) is 0. The fraction of sp³-hybridized carbons (Fsp3) is 0.550. The molecule has 2 heterocycles. The maximum Gasteiger partial charge on any atom is 0.416 e. The van der Waals surface area contributed by atoms with Crippen LogP contribution in [-0.4, -0.2) is 62.0 Å². The number of carbonyl (C=O) groups excluding carboxylic acids is 1. The van der Waals surface area contributed by atoms with E-state index in [1.807, 2.05) is 18.0 Å². The van der Waals surface area contributed by atoms with Gasteiger partial charge >= 0.3 is 6.18 Å². The van der Waals surface area contributed by atoms with E-state index in [1.165, 1.54) is 18.2 Å². The Balaban J connectivity index is 1.79. The first-order valence-electron chi connectivity index (χ1n) is 9.32. The van der Waals surface area contributed by atoms with Gasteiger partial charge in [0.1, 0.15) is 0 Å². The molecule has 27 heavy (non-hydrogen) atoms. The molecule has 1 amide bonds. The van der Waals surface area contributed by atoms with E-state index in [4.69, 9.17) is 0 Å². The van der Waals surface area contributed by atoms with Crippen LogP contribution in [-0.2, 0) is 17.4 Å². The van der Waals surface area contributed by atoms with Gasteiger partial charge in [0.05, 0.1) is 5.56 Å². The smallest absolute Gasteiger partial charge is 0.369 e. The van der Waals surface area contributed by atoms with Crippen molar-refractivity contribution in [3.63, 3.8) is 0 Å². The Morgan fingerprint density at radius 3 is 2.52 bits per heavy atom. The molecule has 7 heteroatoms. The van der Waals surface area contributed by atoms with Crippen molar-refractivity contribution in [3.05, 3.63) is 42.0 Å². The maximum atomic E-state index is 13.4. The monoisotopic (exact) mass is 381 g/mol. The molecule has 1 atom stereocenters. The van der Waals surface area contributed by atoms with Crippen molar-refractivity contribution in [1.29, 1.82) is 0 Å². The van der Waals surface area contributed by atoms with Gasteiger partial charge in [-0.15, -0.1) is 0 Å². The Kier molecular flexibility index (Phi) is 5.79. The second kappa shape index (κ2) is 7.92. The highest BCUT2D eigenvalue weighted by Crippen LogP contribution is 2.34. The predicted molar refractivity (Wildman–Crippen MR) is 99.7 cm³/mol. The topological polar surface area (TPSA) is 26.8 Å². The molecular formula is C20H26F3N3O. The highest BCUT2D eigenvalue weighted by Gasteiger charge is 2.33. The maximum absolute atomic E-state index is 13.4. The number of amides is 1. The summed E-state index contributed by atoms with van der Waals surface area (Å²) >= 11 is 0. The second-order valence-corrected chi connectivity index (χ2v) is 7.52. The minimum Gasteiger partial charge on any atom is -0.369 e. The summed E-state index contributed by atoms with van der Waals surface area (Å²) in [7, 11) is 2.02. The number of halogens is 3. The van der Waals surface area contributed by atoms with E-state index in [0.717, 1.165) is 32.6 Å². The van der Waals surface area contributed by atoms with Gasteiger partial charge in [-0.3, -0.25) is 4.79 Å². The molecule has 0 saturated carbocycles. The molecule has 0 spiro atoms. The third-order valence-corrected chi connectivity index (χ3v) is 5.47. The molecular weight excluding hydrogens is 355 g/mol. The lowest BCUT2D eigenvalue weighted by atomic mass is 9.96. The molecule has 2 fully saturated rings.